The van der Waals surface area contributed by atoms with Crippen LogP contribution in [0.4, 0.5) is 5.69 Å². The van der Waals surface area contributed by atoms with E-state index in [0.717, 1.165) is 48.9 Å². The molecule has 0 saturated heterocycles. The van der Waals surface area contributed by atoms with E-state index >= 15 is 0 Å². The van der Waals surface area contributed by atoms with Gasteiger partial charge in [-0.2, -0.15) is 0 Å². The van der Waals surface area contributed by atoms with Crippen LogP contribution < -0.4 is 19.7 Å². The molecular weight excluding hydrogens is 348 g/mol. The number of hydrogen-bond acceptors (Lipinski definition) is 4. The highest BCUT2D eigenvalue weighted by atomic mass is 32.1. The Morgan fingerprint density at radius 1 is 1.31 bits per heavy atom. The van der Waals surface area contributed by atoms with Crippen molar-refractivity contribution in [3.63, 3.8) is 0 Å². The zero-order valence-electron chi connectivity index (χ0n) is 15.6. The average Bonchev–Trinajstić information content (AvgIpc) is 3.40. The molecule has 1 saturated carbocycles. The second-order valence-corrected chi connectivity index (χ2v) is 6.84. The number of aryl methyl sites for hydroxylation is 2. The molecule has 0 radical (unpaired) electrons. The van der Waals surface area contributed by atoms with Gasteiger partial charge in [-0.05, 0) is 50.5 Å². The number of imidazole rings is 1. The summed E-state index contributed by atoms with van der Waals surface area (Å²) in [6, 6.07) is 6.40. The van der Waals surface area contributed by atoms with Gasteiger partial charge in [0.15, 0.2) is 16.6 Å². The van der Waals surface area contributed by atoms with Crippen molar-refractivity contribution in [1.82, 2.24) is 14.9 Å². The van der Waals surface area contributed by atoms with Crippen LogP contribution in [0.5, 0.6) is 11.5 Å². The predicted octanol–water partition coefficient (Wildman–Crippen LogP) is 3.14. The molecule has 0 aliphatic heterocycles. The first-order chi connectivity index (χ1) is 12.6. The highest BCUT2D eigenvalue weighted by Crippen LogP contribution is 2.36. The quantitative estimate of drug-likeness (QED) is 0.566. The van der Waals surface area contributed by atoms with E-state index in [1.54, 1.807) is 14.2 Å². The van der Waals surface area contributed by atoms with E-state index < -0.39 is 0 Å². The molecule has 0 amide bonds. The van der Waals surface area contributed by atoms with Crippen molar-refractivity contribution in [2.24, 2.45) is 0 Å². The van der Waals surface area contributed by atoms with Crippen molar-refractivity contribution in [2.45, 2.75) is 38.8 Å². The van der Waals surface area contributed by atoms with Crippen LogP contribution >= 0.6 is 12.2 Å². The lowest BCUT2D eigenvalue weighted by Crippen LogP contribution is -2.41. The third-order valence-corrected chi connectivity index (χ3v) is 4.89. The summed E-state index contributed by atoms with van der Waals surface area (Å²) in [6.07, 6.45) is 7.05. The van der Waals surface area contributed by atoms with Gasteiger partial charge < -0.3 is 24.3 Å². The van der Waals surface area contributed by atoms with Crippen LogP contribution in [0.3, 0.4) is 0 Å². The molecule has 3 rings (SSSR count). The minimum atomic E-state index is 0.462. The van der Waals surface area contributed by atoms with Gasteiger partial charge in [-0.15, -0.1) is 0 Å². The summed E-state index contributed by atoms with van der Waals surface area (Å²) in [7, 11) is 3.29. The number of methoxy groups -OCH3 is 2. The Labute approximate surface area is 160 Å². The molecule has 1 heterocycles. The Hall–Kier alpha value is -2.28. The van der Waals surface area contributed by atoms with E-state index in [2.05, 4.69) is 26.7 Å². The number of rotatable bonds is 8. The third kappa shape index (κ3) is 4.27. The molecule has 1 aliphatic rings. The van der Waals surface area contributed by atoms with E-state index in [-0.39, 0.29) is 0 Å². The number of anilines is 1. The smallest absolute Gasteiger partial charge is 0.173 e. The molecule has 7 heteroatoms. The number of hydrogen-bond donors (Lipinski definition) is 1. The maximum absolute atomic E-state index is 5.68. The molecule has 2 aromatic rings. The van der Waals surface area contributed by atoms with Crippen LogP contribution in [-0.2, 0) is 6.54 Å². The molecule has 26 heavy (non-hydrogen) atoms. The monoisotopic (exact) mass is 374 g/mol. The molecule has 0 bridgehead atoms. The van der Waals surface area contributed by atoms with Crippen molar-refractivity contribution in [1.29, 1.82) is 0 Å². The van der Waals surface area contributed by atoms with Gasteiger partial charge in [-0.1, -0.05) is 0 Å². The summed E-state index contributed by atoms with van der Waals surface area (Å²) in [6.45, 7) is 3.82. The normalized spacial score (nSPS) is 13.3. The molecule has 0 atom stereocenters. The Balaban J connectivity index is 1.61. The van der Waals surface area contributed by atoms with Crippen molar-refractivity contribution in [2.75, 3.05) is 25.7 Å². The number of aromatic nitrogens is 2. The highest BCUT2D eigenvalue weighted by molar-refractivity contribution is 7.80. The number of thiocarbonyl (C=S) groups is 1. The van der Waals surface area contributed by atoms with Gasteiger partial charge in [0, 0.05) is 42.8 Å². The first kappa shape index (κ1) is 18.5. The Morgan fingerprint density at radius 2 is 2.08 bits per heavy atom. The zero-order valence-corrected chi connectivity index (χ0v) is 16.4. The van der Waals surface area contributed by atoms with Crippen LogP contribution in [-0.4, -0.2) is 41.5 Å². The van der Waals surface area contributed by atoms with Gasteiger partial charge in [0.1, 0.15) is 0 Å². The minimum Gasteiger partial charge on any atom is -0.493 e. The van der Waals surface area contributed by atoms with Crippen LogP contribution in [0.2, 0.25) is 0 Å². The maximum Gasteiger partial charge on any atom is 0.173 e. The van der Waals surface area contributed by atoms with Gasteiger partial charge in [0.25, 0.3) is 0 Å². The predicted molar refractivity (Wildman–Crippen MR) is 107 cm³/mol. The molecule has 140 valence electrons. The fourth-order valence-electron chi connectivity index (χ4n) is 2.95. The lowest BCUT2D eigenvalue weighted by atomic mass is 10.2. The largest absolute Gasteiger partial charge is 0.493 e. The van der Waals surface area contributed by atoms with Crippen molar-refractivity contribution >= 4 is 23.0 Å². The second-order valence-electron chi connectivity index (χ2n) is 6.45. The second kappa shape index (κ2) is 8.40. The molecule has 1 aliphatic carbocycles. The maximum atomic E-state index is 5.68. The summed E-state index contributed by atoms with van der Waals surface area (Å²) in [5.74, 6) is 1.44. The Kier molecular flexibility index (Phi) is 5.98. The molecule has 1 aromatic heterocycles. The van der Waals surface area contributed by atoms with Crippen LogP contribution in [0, 0.1) is 6.92 Å². The molecule has 0 unspecified atom stereocenters. The lowest BCUT2D eigenvalue weighted by Gasteiger charge is -2.26. The number of nitrogens with zero attached hydrogens (tertiary/aromatic N) is 3. The van der Waals surface area contributed by atoms with E-state index in [0.29, 0.717) is 11.8 Å². The van der Waals surface area contributed by atoms with Crippen molar-refractivity contribution < 1.29 is 9.47 Å². The van der Waals surface area contributed by atoms with E-state index in [4.69, 9.17) is 21.7 Å². The lowest BCUT2D eigenvalue weighted by molar-refractivity contribution is 0.355. The third-order valence-electron chi connectivity index (χ3n) is 4.55. The summed E-state index contributed by atoms with van der Waals surface area (Å²) in [5, 5.41) is 4.17. The summed E-state index contributed by atoms with van der Waals surface area (Å²) >= 11 is 5.68. The molecule has 1 N–H and O–H groups in total. The van der Waals surface area contributed by atoms with Crippen LogP contribution in [0.1, 0.15) is 25.0 Å². The van der Waals surface area contributed by atoms with E-state index in [1.807, 2.05) is 30.7 Å². The van der Waals surface area contributed by atoms with Gasteiger partial charge in [0.05, 0.1) is 20.5 Å². The minimum absolute atomic E-state index is 0.462. The van der Waals surface area contributed by atoms with Gasteiger partial charge in [0.2, 0.25) is 0 Å². The topological polar surface area (TPSA) is 51.5 Å². The molecule has 1 fully saturated rings. The zero-order chi connectivity index (χ0) is 18.5. The fraction of sp³-hybridized carbons (Fsp3) is 0.474. The molecule has 1 aromatic carbocycles. The van der Waals surface area contributed by atoms with Crippen molar-refractivity contribution in [3.8, 4) is 11.5 Å². The van der Waals surface area contributed by atoms with Crippen molar-refractivity contribution in [3.05, 3.63) is 36.4 Å². The van der Waals surface area contributed by atoms with Crippen LogP contribution in [0.25, 0.3) is 0 Å². The molecule has 6 nitrogen and oxygen atoms in total. The molecule has 0 spiro atoms. The van der Waals surface area contributed by atoms with Gasteiger partial charge in [-0.25, -0.2) is 4.98 Å². The summed E-state index contributed by atoms with van der Waals surface area (Å²) in [5.41, 5.74) is 2.21. The Bertz CT molecular complexity index is 758. The summed E-state index contributed by atoms with van der Waals surface area (Å²) < 4.78 is 12.9. The first-order valence-corrected chi connectivity index (χ1v) is 9.30. The molecular formula is C19H26N4O2S. The fourth-order valence-corrected chi connectivity index (χ4v) is 3.31. The van der Waals surface area contributed by atoms with Crippen LogP contribution in [0.15, 0.2) is 30.7 Å². The Morgan fingerprint density at radius 3 is 2.69 bits per heavy atom. The van der Waals surface area contributed by atoms with E-state index in [1.165, 1.54) is 5.69 Å². The standard InChI is InChI=1S/C19H26N4O2S/c1-14-12-20-13-22(14)10-4-9-21-19(26)23(15-5-6-15)16-7-8-17(24-2)18(11-16)25-3/h7-8,11-13,15H,4-6,9-10H2,1-3H3,(H,21,26). The SMILES string of the molecule is COc1ccc(N(C(=S)NCCCn2cncc2C)C2CC2)cc1OC. The number of benzene rings is 1. The summed E-state index contributed by atoms with van der Waals surface area (Å²) in [4.78, 5) is 6.35. The number of nitrogens with one attached hydrogen (secondary N) is 1. The average molecular weight is 375 g/mol. The van der Waals surface area contributed by atoms with Gasteiger partial charge in [-0.3, -0.25) is 0 Å². The first-order valence-electron chi connectivity index (χ1n) is 8.90. The van der Waals surface area contributed by atoms with Gasteiger partial charge >= 0.3 is 0 Å². The number of ether oxygens (including phenoxy) is 2. The highest BCUT2D eigenvalue weighted by Gasteiger charge is 2.32. The van der Waals surface area contributed by atoms with E-state index in [9.17, 15) is 0 Å².